The molecule has 6 nitrogen and oxygen atoms in total. The first-order valence-electron chi connectivity index (χ1n) is 10.1. The summed E-state index contributed by atoms with van der Waals surface area (Å²) in [6.07, 6.45) is 0.578. The van der Waals surface area contributed by atoms with E-state index in [0.29, 0.717) is 41.0 Å². The lowest BCUT2D eigenvalue weighted by Gasteiger charge is -2.09. The van der Waals surface area contributed by atoms with Crippen LogP contribution in [-0.2, 0) is 11.2 Å². The van der Waals surface area contributed by atoms with Gasteiger partial charge in [-0.25, -0.2) is 8.91 Å². The van der Waals surface area contributed by atoms with Gasteiger partial charge in [-0.15, -0.1) is 16.4 Å². The number of halogens is 1. The Kier molecular flexibility index (Phi) is 6.27. The number of hydrogen-bond donors (Lipinski definition) is 1. The van der Waals surface area contributed by atoms with Gasteiger partial charge in [-0.1, -0.05) is 38.1 Å². The van der Waals surface area contributed by atoms with E-state index < -0.39 is 0 Å². The summed E-state index contributed by atoms with van der Waals surface area (Å²) in [5.41, 5.74) is 2.50. The lowest BCUT2D eigenvalue weighted by Crippen LogP contribution is -2.30. The highest BCUT2D eigenvalue weighted by atomic mass is 32.1. The zero-order valence-corrected chi connectivity index (χ0v) is 18.2. The van der Waals surface area contributed by atoms with Crippen molar-refractivity contribution < 1.29 is 13.9 Å². The molecule has 0 radical (unpaired) electrons. The van der Waals surface area contributed by atoms with Crippen molar-refractivity contribution >= 4 is 22.2 Å². The minimum Gasteiger partial charge on any atom is -0.484 e. The Balaban J connectivity index is 1.30. The Hall–Kier alpha value is -3.26. The normalized spacial score (nSPS) is 11.2. The van der Waals surface area contributed by atoms with Crippen molar-refractivity contribution in [2.45, 2.75) is 26.2 Å². The van der Waals surface area contributed by atoms with E-state index in [9.17, 15) is 9.18 Å². The molecule has 0 atom stereocenters. The molecule has 0 aliphatic carbocycles. The standard InChI is InChI=1S/C23H23FN4O2S/c1-15(2)16-7-9-18(10-8-16)30-13-21(29)25-12-11-17-14-31-23-26-22(27-28(17)23)19-5-3-4-6-20(19)24/h3-10,14-15H,11-13H2,1-2H3,(H,25,29). The topological polar surface area (TPSA) is 68.5 Å². The van der Waals surface area contributed by atoms with Gasteiger partial charge in [0.25, 0.3) is 5.91 Å². The number of ether oxygens (including phenoxy) is 1. The summed E-state index contributed by atoms with van der Waals surface area (Å²) in [4.78, 5) is 17.2. The van der Waals surface area contributed by atoms with E-state index in [-0.39, 0.29) is 18.3 Å². The van der Waals surface area contributed by atoms with Crippen LogP contribution in [0.1, 0.15) is 31.0 Å². The van der Waals surface area contributed by atoms with Crippen molar-refractivity contribution in [2.24, 2.45) is 0 Å². The van der Waals surface area contributed by atoms with Crippen molar-refractivity contribution in [3.05, 3.63) is 71.0 Å². The van der Waals surface area contributed by atoms with Gasteiger partial charge in [0.15, 0.2) is 12.4 Å². The summed E-state index contributed by atoms with van der Waals surface area (Å²) >= 11 is 1.43. The van der Waals surface area contributed by atoms with Gasteiger partial charge in [-0.3, -0.25) is 4.79 Å². The van der Waals surface area contributed by atoms with Crippen LogP contribution in [0.5, 0.6) is 5.75 Å². The van der Waals surface area contributed by atoms with Gasteiger partial charge in [0, 0.05) is 18.3 Å². The highest BCUT2D eigenvalue weighted by Crippen LogP contribution is 2.23. The first-order valence-corrected chi connectivity index (χ1v) is 11.0. The van der Waals surface area contributed by atoms with Crippen LogP contribution >= 0.6 is 11.3 Å². The Morgan fingerprint density at radius 1 is 1.19 bits per heavy atom. The molecular weight excluding hydrogens is 415 g/mol. The minimum atomic E-state index is -0.353. The second-order valence-corrected chi connectivity index (χ2v) is 8.29. The molecule has 0 bridgehead atoms. The molecule has 2 aromatic heterocycles. The fourth-order valence-corrected chi connectivity index (χ4v) is 3.99. The molecule has 2 heterocycles. The Morgan fingerprint density at radius 2 is 1.97 bits per heavy atom. The van der Waals surface area contributed by atoms with Gasteiger partial charge in [0.05, 0.1) is 11.3 Å². The van der Waals surface area contributed by atoms with Crippen molar-refractivity contribution in [1.82, 2.24) is 19.9 Å². The van der Waals surface area contributed by atoms with Gasteiger partial charge in [0.1, 0.15) is 11.6 Å². The average Bonchev–Trinajstić information content (AvgIpc) is 3.34. The number of carbonyl (C=O) groups excluding carboxylic acids is 1. The number of fused-ring (bicyclic) bond motifs is 1. The maximum absolute atomic E-state index is 14.0. The molecule has 0 saturated carbocycles. The van der Waals surface area contributed by atoms with Crippen LogP contribution in [0.3, 0.4) is 0 Å². The molecule has 0 unspecified atom stereocenters. The minimum absolute atomic E-state index is 0.0408. The number of nitrogens with zero attached hydrogens (tertiary/aromatic N) is 3. The third-order valence-electron chi connectivity index (χ3n) is 4.88. The summed E-state index contributed by atoms with van der Waals surface area (Å²) < 4.78 is 21.3. The second kappa shape index (κ2) is 9.26. The summed E-state index contributed by atoms with van der Waals surface area (Å²) in [7, 11) is 0. The summed E-state index contributed by atoms with van der Waals surface area (Å²) in [5.74, 6) is 0.932. The van der Waals surface area contributed by atoms with Crippen molar-refractivity contribution in [2.75, 3.05) is 13.2 Å². The van der Waals surface area contributed by atoms with Crippen LogP contribution in [0.4, 0.5) is 4.39 Å². The van der Waals surface area contributed by atoms with E-state index in [1.54, 1.807) is 22.7 Å². The number of amides is 1. The largest absolute Gasteiger partial charge is 0.484 e. The van der Waals surface area contributed by atoms with Gasteiger partial charge in [0.2, 0.25) is 4.96 Å². The number of rotatable bonds is 8. The lowest BCUT2D eigenvalue weighted by molar-refractivity contribution is -0.123. The van der Waals surface area contributed by atoms with E-state index in [1.165, 1.54) is 23.0 Å². The number of carbonyl (C=O) groups is 1. The maximum Gasteiger partial charge on any atom is 0.257 e. The van der Waals surface area contributed by atoms with Gasteiger partial charge >= 0.3 is 0 Å². The predicted octanol–water partition coefficient (Wildman–Crippen LogP) is 4.46. The number of thiazole rings is 1. The van der Waals surface area contributed by atoms with Crippen molar-refractivity contribution in [3.8, 4) is 17.1 Å². The lowest BCUT2D eigenvalue weighted by atomic mass is 10.0. The van der Waals surface area contributed by atoms with Crippen LogP contribution < -0.4 is 10.1 Å². The van der Waals surface area contributed by atoms with Crippen molar-refractivity contribution in [1.29, 1.82) is 0 Å². The monoisotopic (exact) mass is 438 g/mol. The highest BCUT2D eigenvalue weighted by Gasteiger charge is 2.14. The molecular formula is C23H23FN4O2S. The molecule has 0 fully saturated rings. The van der Waals surface area contributed by atoms with E-state index in [2.05, 4.69) is 29.2 Å². The van der Waals surface area contributed by atoms with Gasteiger partial charge in [-0.2, -0.15) is 4.98 Å². The van der Waals surface area contributed by atoms with Crippen molar-refractivity contribution in [3.63, 3.8) is 0 Å². The predicted molar refractivity (Wildman–Crippen MR) is 119 cm³/mol. The Morgan fingerprint density at radius 3 is 2.71 bits per heavy atom. The smallest absolute Gasteiger partial charge is 0.257 e. The van der Waals surface area contributed by atoms with Crippen LogP contribution in [0.15, 0.2) is 53.9 Å². The summed E-state index contributed by atoms with van der Waals surface area (Å²) in [6.45, 7) is 4.66. The molecule has 4 aromatic rings. The second-order valence-electron chi connectivity index (χ2n) is 7.45. The molecule has 31 heavy (non-hydrogen) atoms. The molecule has 0 saturated heterocycles. The average molecular weight is 439 g/mol. The van der Waals surface area contributed by atoms with Crippen LogP contribution in [0.25, 0.3) is 16.3 Å². The van der Waals surface area contributed by atoms with Crippen LogP contribution in [0, 0.1) is 5.82 Å². The quantitative estimate of drug-likeness (QED) is 0.441. The third kappa shape index (κ3) is 4.91. The number of benzene rings is 2. The van der Waals surface area contributed by atoms with Crippen LogP contribution in [-0.4, -0.2) is 33.7 Å². The fourth-order valence-electron chi connectivity index (χ4n) is 3.13. The Labute approximate surface area is 183 Å². The summed E-state index contributed by atoms with van der Waals surface area (Å²) in [6, 6.07) is 14.2. The molecule has 2 aromatic carbocycles. The molecule has 1 N–H and O–H groups in total. The van der Waals surface area contributed by atoms with Gasteiger partial charge in [-0.05, 0) is 35.7 Å². The molecule has 4 rings (SSSR count). The SMILES string of the molecule is CC(C)c1ccc(OCC(=O)NCCc2csc3nc(-c4ccccc4F)nn23)cc1. The third-order valence-corrected chi connectivity index (χ3v) is 5.75. The number of aromatic nitrogens is 3. The van der Waals surface area contributed by atoms with Gasteiger partial charge < -0.3 is 10.1 Å². The van der Waals surface area contributed by atoms with E-state index in [1.807, 2.05) is 29.6 Å². The molecule has 160 valence electrons. The molecule has 1 amide bonds. The van der Waals surface area contributed by atoms with E-state index in [4.69, 9.17) is 4.74 Å². The zero-order valence-electron chi connectivity index (χ0n) is 17.3. The number of nitrogens with one attached hydrogen (secondary N) is 1. The molecule has 0 aliphatic rings. The highest BCUT2D eigenvalue weighted by molar-refractivity contribution is 7.15. The number of hydrogen-bond acceptors (Lipinski definition) is 5. The first-order chi connectivity index (χ1) is 15.0. The maximum atomic E-state index is 14.0. The van der Waals surface area contributed by atoms with Crippen LogP contribution in [0.2, 0.25) is 0 Å². The zero-order chi connectivity index (χ0) is 21.8. The Bertz CT molecular complexity index is 1180. The van der Waals surface area contributed by atoms with E-state index >= 15 is 0 Å². The molecule has 0 aliphatic heterocycles. The first kappa shape index (κ1) is 21.0. The molecule has 8 heteroatoms. The fraction of sp³-hybridized carbons (Fsp3) is 0.261. The summed E-state index contributed by atoms with van der Waals surface area (Å²) in [5, 5.41) is 9.23. The molecule has 0 spiro atoms. The van der Waals surface area contributed by atoms with E-state index in [0.717, 1.165) is 5.69 Å².